The van der Waals surface area contributed by atoms with Gasteiger partial charge in [0.05, 0.1) is 29.0 Å². The summed E-state index contributed by atoms with van der Waals surface area (Å²) in [5.74, 6) is -0.199. The van der Waals surface area contributed by atoms with Crippen molar-refractivity contribution in [3.63, 3.8) is 0 Å². The number of carbonyl (C=O) groups excluding carboxylic acids is 2. The molecule has 0 aliphatic rings. The van der Waals surface area contributed by atoms with E-state index >= 15 is 0 Å². The fourth-order valence-electron chi connectivity index (χ4n) is 3.39. The number of anilines is 1. The molecule has 0 saturated carbocycles. The number of benzene rings is 3. The highest BCUT2D eigenvalue weighted by atomic mass is 35.5. The third-order valence-electron chi connectivity index (χ3n) is 5.30. The molecule has 17 heteroatoms. The van der Waals surface area contributed by atoms with Gasteiger partial charge in [0.15, 0.2) is 11.4 Å². The van der Waals surface area contributed by atoms with E-state index in [0.29, 0.717) is 34.3 Å². The van der Waals surface area contributed by atoms with Crippen LogP contribution in [0.4, 0.5) is 36.8 Å². The Labute approximate surface area is 242 Å². The predicted molar refractivity (Wildman–Crippen MR) is 139 cm³/mol. The van der Waals surface area contributed by atoms with Crippen LogP contribution >= 0.6 is 23.2 Å². The number of para-hydroxylation sites is 2. The fourth-order valence-corrected chi connectivity index (χ4v) is 3.84. The van der Waals surface area contributed by atoms with E-state index in [4.69, 9.17) is 27.9 Å². The summed E-state index contributed by atoms with van der Waals surface area (Å²) < 4.78 is 85.2. The SMILES string of the molecule is O=C(NCNC(=O)c1cn(-c2ccccc2Oc2ccc(Cl)cc2Cl)nn1)Nc1cc(C(F)(F)F)cc(C(F)(F)F)c1. The molecule has 0 spiro atoms. The number of nitrogens with zero attached hydrogens (tertiary/aromatic N) is 3. The van der Waals surface area contributed by atoms with Crippen molar-refractivity contribution in [2.75, 3.05) is 12.0 Å². The van der Waals surface area contributed by atoms with Crippen molar-refractivity contribution < 1.29 is 40.7 Å². The van der Waals surface area contributed by atoms with Crippen LogP contribution in [-0.2, 0) is 12.4 Å². The lowest BCUT2D eigenvalue weighted by molar-refractivity contribution is -0.143. The molecule has 220 valence electrons. The molecule has 0 unspecified atom stereocenters. The summed E-state index contributed by atoms with van der Waals surface area (Å²) in [7, 11) is 0. The lowest BCUT2D eigenvalue weighted by atomic mass is 10.1. The molecule has 0 bridgehead atoms. The first kappa shape index (κ1) is 30.5. The minimum absolute atomic E-state index is 0.0756. The molecule has 4 rings (SSSR count). The zero-order valence-corrected chi connectivity index (χ0v) is 22.2. The second-order valence-corrected chi connectivity index (χ2v) is 9.14. The zero-order valence-electron chi connectivity index (χ0n) is 20.6. The van der Waals surface area contributed by atoms with Gasteiger partial charge in [-0.1, -0.05) is 40.5 Å². The number of amides is 3. The Morgan fingerprint density at radius 3 is 2.17 bits per heavy atom. The van der Waals surface area contributed by atoms with Crippen molar-refractivity contribution in [1.29, 1.82) is 0 Å². The van der Waals surface area contributed by atoms with Gasteiger partial charge in [0, 0.05) is 10.7 Å². The van der Waals surface area contributed by atoms with E-state index in [1.165, 1.54) is 16.9 Å². The average molecular weight is 633 g/mol. The second-order valence-electron chi connectivity index (χ2n) is 8.30. The minimum atomic E-state index is -5.09. The predicted octanol–water partition coefficient (Wildman–Crippen LogP) is 6.91. The van der Waals surface area contributed by atoms with E-state index in [1.807, 2.05) is 5.32 Å². The van der Waals surface area contributed by atoms with Crippen molar-refractivity contribution >= 4 is 40.8 Å². The van der Waals surface area contributed by atoms with Crippen molar-refractivity contribution in [2.24, 2.45) is 0 Å². The average Bonchev–Trinajstić information content (AvgIpc) is 3.40. The highest BCUT2D eigenvalue weighted by molar-refractivity contribution is 6.35. The van der Waals surface area contributed by atoms with Gasteiger partial charge in [-0.05, 0) is 48.5 Å². The Hall–Kier alpha value is -4.50. The van der Waals surface area contributed by atoms with E-state index in [1.54, 1.807) is 36.4 Å². The normalized spacial score (nSPS) is 11.6. The number of alkyl halides is 6. The topological polar surface area (TPSA) is 110 Å². The Morgan fingerprint density at radius 2 is 1.52 bits per heavy atom. The quantitative estimate of drug-likeness (QED) is 0.151. The Balaban J connectivity index is 1.38. The highest BCUT2D eigenvalue weighted by Gasteiger charge is 2.37. The van der Waals surface area contributed by atoms with E-state index in [9.17, 15) is 35.9 Å². The summed E-state index contributed by atoms with van der Waals surface area (Å²) in [6, 6.07) is 10.7. The molecule has 0 aliphatic heterocycles. The largest absolute Gasteiger partial charge is 0.454 e. The van der Waals surface area contributed by atoms with Gasteiger partial charge in [-0.15, -0.1) is 5.10 Å². The van der Waals surface area contributed by atoms with Crippen LogP contribution in [0.25, 0.3) is 5.69 Å². The van der Waals surface area contributed by atoms with Gasteiger partial charge in [0.1, 0.15) is 11.4 Å². The number of aromatic nitrogens is 3. The molecule has 0 saturated heterocycles. The maximum Gasteiger partial charge on any atom is 0.416 e. The summed E-state index contributed by atoms with van der Waals surface area (Å²) >= 11 is 12.1. The third-order valence-corrected chi connectivity index (χ3v) is 5.83. The number of ether oxygens (including phenoxy) is 1. The Bertz CT molecular complexity index is 1590. The van der Waals surface area contributed by atoms with E-state index in [2.05, 4.69) is 20.9 Å². The molecule has 0 aliphatic carbocycles. The number of hydrogen-bond acceptors (Lipinski definition) is 5. The van der Waals surface area contributed by atoms with Gasteiger partial charge < -0.3 is 20.7 Å². The van der Waals surface area contributed by atoms with Crippen LogP contribution in [0.3, 0.4) is 0 Å². The molecular weight excluding hydrogens is 617 g/mol. The molecule has 0 fully saturated rings. The van der Waals surface area contributed by atoms with Crippen LogP contribution in [-0.4, -0.2) is 33.6 Å². The lowest BCUT2D eigenvalue weighted by Crippen LogP contribution is -2.39. The number of nitrogens with one attached hydrogen (secondary N) is 3. The number of halogens is 8. The number of carbonyl (C=O) groups is 2. The van der Waals surface area contributed by atoms with Crippen LogP contribution in [0, 0.1) is 0 Å². The maximum absolute atomic E-state index is 13.0. The number of rotatable bonds is 7. The summed E-state index contributed by atoms with van der Waals surface area (Å²) in [4.78, 5) is 24.6. The van der Waals surface area contributed by atoms with Crippen molar-refractivity contribution in [3.05, 3.63) is 93.7 Å². The first-order valence-electron chi connectivity index (χ1n) is 11.5. The van der Waals surface area contributed by atoms with Gasteiger partial charge >= 0.3 is 18.4 Å². The van der Waals surface area contributed by atoms with E-state index in [-0.39, 0.29) is 16.8 Å². The molecule has 1 aromatic heterocycles. The molecule has 42 heavy (non-hydrogen) atoms. The monoisotopic (exact) mass is 632 g/mol. The van der Waals surface area contributed by atoms with E-state index < -0.39 is 47.8 Å². The summed E-state index contributed by atoms with van der Waals surface area (Å²) in [6.07, 6.45) is -8.92. The molecule has 1 heterocycles. The molecule has 3 N–H and O–H groups in total. The minimum Gasteiger partial charge on any atom is -0.454 e. The van der Waals surface area contributed by atoms with Crippen molar-refractivity contribution in [1.82, 2.24) is 25.6 Å². The molecule has 3 aromatic carbocycles. The molecular formula is C25H16Cl2F6N6O3. The highest BCUT2D eigenvalue weighted by Crippen LogP contribution is 2.38. The van der Waals surface area contributed by atoms with Crippen LogP contribution in [0.1, 0.15) is 21.6 Å². The Morgan fingerprint density at radius 1 is 0.857 bits per heavy atom. The maximum atomic E-state index is 13.0. The van der Waals surface area contributed by atoms with Crippen LogP contribution in [0.5, 0.6) is 11.5 Å². The molecule has 9 nitrogen and oxygen atoms in total. The third kappa shape index (κ3) is 7.61. The van der Waals surface area contributed by atoms with Gasteiger partial charge in [0.2, 0.25) is 0 Å². The van der Waals surface area contributed by atoms with Gasteiger partial charge in [-0.2, -0.15) is 26.3 Å². The van der Waals surface area contributed by atoms with E-state index in [0.717, 1.165) is 0 Å². The standard InChI is InChI=1S/C25H16Cl2F6N6O3/c26-15-5-6-20(17(27)10-15)42-21-4-2-1-3-19(21)39-11-18(37-38-39)22(40)34-12-35-23(41)36-16-8-13(24(28,29)30)7-14(9-16)25(31,32)33/h1-11H,12H2,(H,34,40)(H2,35,36,41). The molecule has 3 amide bonds. The summed E-state index contributed by atoms with van der Waals surface area (Å²) in [5, 5.41) is 14.5. The van der Waals surface area contributed by atoms with Crippen molar-refractivity contribution in [2.45, 2.75) is 12.4 Å². The Kier molecular flexibility index (Phi) is 8.82. The molecule has 4 aromatic rings. The van der Waals surface area contributed by atoms with Crippen LogP contribution in [0.15, 0.2) is 66.9 Å². The lowest BCUT2D eigenvalue weighted by Gasteiger charge is -2.15. The smallest absolute Gasteiger partial charge is 0.416 e. The molecule has 0 radical (unpaired) electrons. The fraction of sp³-hybridized carbons (Fsp3) is 0.120. The van der Waals surface area contributed by atoms with Crippen molar-refractivity contribution in [3.8, 4) is 17.2 Å². The second kappa shape index (κ2) is 12.2. The van der Waals surface area contributed by atoms with Crippen LogP contribution < -0.4 is 20.7 Å². The first-order chi connectivity index (χ1) is 19.7. The van der Waals surface area contributed by atoms with Crippen LogP contribution in [0.2, 0.25) is 10.0 Å². The van der Waals surface area contributed by atoms with Gasteiger partial charge in [-0.25, -0.2) is 9.48 Å². The first-order valence-corrected chi connectivity index (χ1v) is 12.2. The number of hydrogen-bond donors (Lipinski definition) is 3. The summed E-state index contributed by atoms with van der Waals surface area (Å²) in [5.41, 5.74) is -3.78. The van der Waals surface area contributed by atoms with Gasteiger partial charge in [0.25, 0.3) is 5.91 Å². The molecule has 0 atom stereocenters. The van der Waals surface area contributed by atoms with Gasteiger partial charge in [-0.3, -0.25) is 4.79 Å². The zero-order chi connectivity index (χ0) is 30.7. The number of urea groups is 1. The summed E-state index contributed by atoms with van der Waals surface area (Å²) in [6.45, 7) is -0.558.